The fraction of sp³-hybridized carbons (Fsp3) is 0.333. The Labute approximate surface area is 95.0 Å². The summed E-state index contributed by atoms with van der Waals surface area (Å²) in [5, 5.41) is 8.90. The molecule has 0 aliphatic carbocycles. The van der Waals surface area contributed by atoms with Gasteiger partial charge >= 0.3 is 0 Å². The van der Waals surface area contributed by atoms with Crippen LogP contribution >= 0.6 is 0 Å². The maximum Gasteiger partial charge on any atom is 0.271 e. The first kappa shape index (κ1) is 12.8. The van der Waals surface area contributed by atoms with Crippen molar-refractivity contribution >= 4 is 11.7 Å². The summed E-state index contributed by atoms with van der Waals surface area (Å²) < 4.78 is 0. The van der Waals surface area contributed by atoms with Gasteiger partial charge in [0.25, 0.3) is 5.91 Å². The quantitative estimate of drug-likeness (QED) is 0.576. The normalized spacial score (nSPS) is 9.86. The number of primary amides is 1. The van der Waals surface area contributed by atoms with Gasteiger partial charge in [-0.15, -0.1) is 5.11 Å². The molecule has 14 heavy (non-hydrogen) atoms. The second-order valence-corrected chi connectivity index (χ2v) is 2.50. The number of hydrogen-bond acceptors (Lipinski definition) is 4. The molecule has 0 aliphatic heterocycles. The molecule has 1 aromatic rings. The van der Waals surface area contributed by atoms with Gasteiger partial charge in [0.1, 0.15) is 0 Å². The van der Waals surface area contributed by atoms with E-state index < -0.39 is 5.91 Å². The van der Waals surface area contributed by atoms with Crippen LogP contribution in [0.15, 0.2) is 16.7 Å². The van der Waals surface area contributed by atoms with Crippen molar-refractivity contribution in [3.8, 4) is 0 Å². The molecule has 0 spiro atoms. The molecular weight excluding hydrogens is 367 g/mol. The van der Waals surface area contributed by atoms with Gasteiger partial charge in [-0.3, -0.25) is 9.80 Å². The predicted octanol–water partition coefficient (Wildman–Crippen LogP) is 0.0664. The van der Waals surface area contributed by atoms with Gasteiger partial charge in [0.2, 0.25) is 0 Å². The third-order valence-electron chi connectivity index (χ3n) is 1.18. The standard InChI is InChI=1S/C6H10N6O.Pt/c1-12(2)11-10-6-4(5(7)13)8-3-9-6;/h3H,1-2H3,(H2,7,13)(H,8,9);/b11-10+;. The van der Waals surface area contributed by atoms with Gasteiger partial charge in [-0.25, -0.2) is 4.98 Å². The van der Waals surface area contributed by atoms with Crippen LogP contribution in [0.3, 0.4) is 0 Å². The number of carbonyl (C=O) groups excluding carboxylic acids is 1. The Kier molecular flexibility index (Phi) is 5.01. The second-order valence-electron chi connectivity index (χ2n) is 2.50. The van der Waals surface area contributed by atoms with Gasteiger partial charge in [0.15, 0.2) is 11.5 Å². The topological polar surface area (TPSA) is 99.7 Å². The van der Waals surface area contributed by atoms with Crippen LogP contribution in [0.5, 0.6) is 0 Å². The zero-order valence-corrected chi connectivity index (χ0v) is 9.94. The summed E-state index contributed by atoms with van der Waals surface area (Å²) in [6, 6.07) is 0. The van der Waals surface area contributed by atoms with Crippen LogP contribution in [0.25, 0.3) is 0 Å². The first-order valence-electron chi connectivity index (χ1n) is 3.53. The number of amides is 1. The molecule has 7 nitrogen and oxygen atoms in total. The Hall–Kier alpha value is -1.23. The molecule has 0 saturated heterocycles. The first-order valence-corrected chi connectivity index (χ1v) is 3.53. The zero-order chi connectivity index (χ0) is 9.84. The Morgan fingerprint density at radius 2 is 2.29 bits per heavy atom. The number of rotatable bonds is 3. The van der Waals surface area contributed by atoms with Gasteiger partial charge in [-0.05, 0) is 0 Å². The maximum absolute atomic E-state index is 10.8. The average Bonchev–Trinajstić information content (AvgIpc) is 2.47. The van der Waals surface area contributed by atoms with Gasteiger partial charge in [0, 0.05) is 35.2 Å². The van der Waals surface area contributed by atoms with E-state index in [4.69, 9.17) is 5.73 Å². The molecule has 1 amide bonds. The number of aromatic nitrogens is 2. The second kappa shape index (κ2) is 5.49. The maximum atomic E-state index is 10.8. The molecule has 0 aromatic carbocycles. The molecule has 0 atom stereocenters. The van der Waals surface area contributed by atoms with Crippen LogP contribution in [0.4, 0.5) is 5.82 Å². The van der Waals surface area contributed by atoms with Crippen LogP contribution in [-0.4, -0.2) is 35.0 Å². The summed E-state index contributed by atoms with van der Waals surface area (Å²) in [6.07, 6.45) is 1.34. The fourth-order valence-electron chi connectivity index (χ4n) is 0.678. The van der Waals surface area contributed by atoms with Gasteiger partial charge in [-0.1, -0.05) is 5.22 Å². The molecule has 0 fully saturated rings. The zero-order valence-electron chi connectivity index (χ0n) is 7.67. The molecule has 8 heteroatoms. The summed E-state index contributed by atoms with van der Waals surface area (Å²) in [5.41, 5.74) is 5.12. The monoisotopic (exact) mass is 377 g/mol. The fourth-order valence-corrected chi connectivity index (χ4v) is 0.678. The van der Waals surface area contributed by atoms with E-state index in [0.717, 1.165) is 0 Å². The Morgan fingerprint density at radius 1 is 1.64 bits per heavy atom. The van der Waals surface area contributed by atoms with Crippen LogP contribution in [0.1, 0.15) is 10.5 Å². The number of aromatic amines is 1. The molecular formula is C6H10N6OPt. The number of carbonyl (C=O) groups is 1. The molecule has 3 N–H and O–H groups in total. The van der Waals surface area contributed by atoms with Crippen molar-refractivity contribution < 1.29 is 25.9 Å². The molecule has 1 rings (SSSR count). The van der Waals surface area contributed by atoms with Gasteiger partial charge < -0.3 is 10.7 Å². The minimum absolute atomic E-state index is 0. The first-order chi connectivity index (χ1) is 6.11. The van der Waals surface area contributed by atoms with E-state index in [0.29, 0.717) is 0 Å². The van der Waals surface area contributed by atoms with E-state index in [1.54, 1.807) is 14.1 Å². The molecule has 0 radical (unpaired) electrons. The average molecular weight is 377 g/mol. The number of hydrogen-bond donors (Lipinski definition) is 2. The molecule has 0 unspecified atom stereocenters. The number of imidazole rings is 1. The SMILES string of the molecule is CN(C)/N=N/c1[nH]cnc1C(N)=O.[Pt]. The summed E-state index contributed by atoms with van der Waals surface area (Å²) in [6.45, 7) is 0. The van der Waals surface area contributed by atoms with Gasteiger partial charge in [0.05, 0.1) is 6.33 Å². The molecule has 80 valence electrons. The van der Waals surface area contributed by atoms with Crippen LogP contribution in [-0.2, 0) is 21.1 Å². The molecule has 1 aromatic heterocycles. The minimum Gasteiger partial charge on any atom is -0.364 e. The number of H-pyrrole nitrogens is 1. The Balaban J connectivity index is 0.00000169. The summed E-state index contributed by atoms with van der Waals surface area (Å²) in [7, 11) is 3.42. The van der Waals surface area contributed by atoms with E-state index in [2.05, 4.69) is 20.3 Å². The Morgan fingerprint density at radius 3 is 2.79 bits per heavy atom. The van der Waals surface area contributed by atoms with Crippen molar-refractivity contribution in [1.82, 2.24) is 15.0 Å². The summed E-state index contributed by atoms with van der Waals surface area (Å²) in [4.78, 5) is 17.1. The largest absolute Gasteiger partial charge is 0.364 e. The van der Waals surface area contributed by atoms with E-state index in [1.807, 2.05) is 0 Å². The van der Waals surface area contributed by atoms with Crippen LogP contribution in [0, 0.1) is 0 Å². The summed E-state index contributed by atoms with van der Waals surface area (Å²) in [5.74, 6) is -0.366. The molecule has 0 bridgehead atoms. The summed E-state index contributed by atoms with van der Waals surface area (Å²) >= 11 is 0. The number of nitrogens with zero attached hydrogens (tertiary/aromatic N) is 4. The number of nitrogens with one attached hydrogen (secondary N) is 1. The number of nitrogens with two attached hydrogens (primary N) is 1. The van der Waals surface area contributed by atoms with E-state index >= 15 is 0 Å². The van der Waals surface area contributed by atoms with Crippen molar-refractivity contribution in [2.45, 2.75) is 0 Å². The van der Waals surface area contributed by atoms with E-state index in [1.165, 1.54) is 11.3 Å². The third-order valence-corrected chi connectivity index (χ3v) is 1.18. The van der Waals surface area contributed by atoms with E-state index in [-0.39, 0.29) is 32.6 Å². The molecule has 0 aliphatic rings. The van der Waals surface area contributed by atoms with E-state index in [9.17, 15) is 4.79 Å². The van der Waals surface area contributed by atoms with Gasteiger partial charge in [-0.2, -0.15) is 0 Å². The van der Waals surface area contributed by atoms with Crippen molar-refractivity contribution in [2.75, 3.05) is 14.1 Å². The van der Waals surface area contributed by atoms with Crippen molar-refractivity contribution in [1.29, 1.82) is 0 Å². The van der Waals surface area contributed by atoms with Crippen molar-refractivity contribution in [2.24, 2.45) is 16.1 Å². The van der Waals surface area contributed by atoms with Crippen molar-refractivity contribution in [3.05, 3.63) is 12.0 Å². The van der Waals surface area contributed by atoms with Crippen LogP contribution in [0.2, 0.25) is 0 Å². The van der Waals surface area contributed by atoms with Crippen molar-refractivity contribution in [3.63, 3.8) is 0 Å². The van der Waals surface area contributed by atoms with Crippen LogP contribution < -0.4 is 5.73 Å². The predicted molar refractivity (Wildman–Crippen MR) is 45.3 cm³/mol. The third kappa shape index (κ3) is 3.25. The molecule has 0 saturated carbocycles. The minimum atomic E-state index is -0.631. The smallest absolute Gasteiger partial charge is 0.271 e. The molecule has 1 heterocycles. The Bertz CT molecular complexity index is 333.